The molecule has 0 radical (unpaired) electrons. The van der Waals surface area contributed by atoms with Crippen molar-refractivity contribution in [2.24, 2.45) is 0 Å². The summed E-state index contributed by atoms with van der Waals surface area (Å²) in [5.41, 5.74) is 19.9. The molecule has 1 heterocycles. The molecule has 0 N–H and O–H groups in total. The second-order valence-electron chi connectivity index (χ2n) is 18.5. The lowest BCUT2D eigenvalue weighted by atomic mass is 9.60. The Morgan fingerprint density at radius 2 is 0.667 bits per heavy atom. The third kappa shape index (κ3) is 6.79. The first-order valence-corrected chi connectivity index (χ1v) is 26.1. The number of benzene rings is 10. The molecule has 0 spiro atoms. The lowest BCUT2D eigenvalue weighted by Gasteiger charge is -2.47. The molecule has 2 atom stereocenters. The highest BCUT2D eigenvalue weighted by Gasteiger charge is 2.50. The van der Waals surface area contributed by atoms with E-state index in [1.54, 1.807) is 0 Å². The van der Waals surface area contributed by atoms with Crippen molar-refractivity contribution in [1.29, 1.82) is 0 Å². The zero-order valence-corrected chi connectivity index (χ0v) is 39.1. The average Bonchev–Trinajstić information content (AvgIpc) is 3.44. The number of pyridine rings is 1. The van der Waals surface area contributed by atoms with Crippen LogP contribution in [0, 0.1) is 0 Å². The van der Waals surface area contributed by atoms with Crippen LogP contribution >= 0.6 is 0 Å². The van der Waals surface area contributed by atoms with Crippen LogP contribution in [-0.2, 0) is 0 Å². The zero-order chi connectivity index (χ0) is 45.7. The van der Waals surface area contributed by atoms with E-state index in [0.717, 1.165) is 22.5 Å². The van der Waals surface area contributed by atoms with Crippen molar-refractivity contribution in [3.63, 3.8) is 0 Å². The van der Waals surface area contributed by atoms with Gasteiger partial charge in [-0.15, -0.1) is 0 Å². The van der Waals surface area contributed by atoms with Gasteiger partial charge in [0.05, 0.1) is 11.4 Å². The maximum absolute atomic E-state index is 5.34. The van der Waals surface area contributed by atoms with Crippen molar-refractivity contribution in [3.05, 3.63) is 306 Å². The van der Waals surface area contributed by atoms with Crippen LogP contribution < -0.4 is 20.7 Å². The molecule has 1 nitrogen and oxygen atoms in total. The van der Waals surface area contributed by atoms with Crippen LogP contribution in [-0.4, -0.2) is 13.1 Å². The summed E-state index contributed by atoms with van der Waals surface area (Å²) < 4.78 is 0. The lowest BCUT2D eigenvalue weighted by molar-refractivity contribution is 0.760. The summed E-state index contributed by atoms with van der Waals surface area (Å²) >= 11 is 0. The molecule has 1 aromatic heterocycles. The van der Waals surface area contributed by atoms with E-state index < -0.39 is 8.07 Å². The number of hydrogen-bond acceptors (Lipinski definition) is 1. The summed E-state index contributed by atoms with van der Waals surface area (Å²) in [4.78, 5) is 5.34. The largest absolute Gasteiger partial charge is 0.248 e. The Bertz CT molecular complexity index is 3490. The smallest absolute Gasteiger partial charge is 0.179 e. The van der Waals surface area contributed by atoms with E-state index in [1.807, 2.05) is 0 Å². The van der Waals surface area contributed by atoms with Crippen molar-refractivity contribution in [2.45, 2.75) is 11.8 Å². The van der Waals surface area contributed by atoms with E-state index in [9.17, 15) is 0 Å². The SMILES string of the molecule is c1ccc(-c2cc(-c3ccccc3)cc([Si](c3ccccc3)(c3ccccc3)c3cccc4c3C3c5ccccc5C4c4cccc(-c5cc(-c6ccccc6)nc(-c6ccccc6)c5)c43)c2)cc1. The van der Waals surface area contributed by atoms with Gasteiger partial charge in [0.15, 0.2) is 8.07 Å². The van der Waals surface area contributed by atoms with Crippen LogP contribution in [0.3, 0.4) is 0 Å². The van der Waals surface area contributed by atoms with Crippen molar-refractivity contribution in [1.82, 2.24) is 4.98 Å². The molecular weight excluding hydrogens is 847 g/mol. The predicted molar refractivity (Wildman–Crippen MR) is 290 cm³/mol. The summed E-state index contributed by atoms with van der Waals surface area (Å²) in [6.45, 7) is 0. The van der Waals surface area contributed by atoms with Crippen molar-refractivity contribution >= 4 is 28.8 Å². The van der Waals surface area contributed by atoms with Crippen LogP contribution in [0.1, 0.15) is 45.2 Å². The lowest BCUT2D eigenvalue weighted by Crippen LogP contribution is -2.75. The third-order valence-corrected chi connectivity index (χ3v) is 19.6. The van der Waals surface area contributed by atoms with Gasteiger partial charge in [-0.1, -0.05) is 255 Å². The molecule has 324 valence electrons. The number of hydrogen-bond donors (Lipinski definition) is 0. The van der Waals surface area contributed by atoms with Crippen LogP contribution in [0.5, 0.6) is 0 Å². The number of aromatic nitrogens is 1. The van der Waals surface area contributed by atoms with E-state index in [-0.39, 0.29) is 11.8 Å². The molecule has 0 saturated carbocycles. The Morgan fingerprint density at radius 1 is 0.261 bits per heavy atom. The normalized spacial score (nSPS) is 14.4. The van der Waals surface area contributed by atoms with Gasteiger partial charge in [-0.25, -0.2) is 4.98 Å². The van der Waals surface area contributed by atoms with E-state index in [2.05, 4.69) is 273 Å². The Labute approximate surface area is 405 Å². The first-order chi connectivity index (χ1) is 34.2. The molecule has 2 unspecified atom stereocenters. The number of rotatable bonds is 9. The van der Waals surface area contributed by atoms with E-state index in [4.69, 9.17) is 4.98 Å². The van der Waals surface area contributed by atoms with Crippen LogP contribution in [0.15, 0.2) is 273 Å². The minimum absolute atomic E-state index is 0.0256. The molecule has 3 aliphatic rings. The molecule has 0 aliphatic heterocycles. The monoisotopic (exact) mass is 893 g/mol. The summed E-state index contributed by atoms with van der Waals surface area (Å²) in [6, 6.07) is 102. The standard InChI is InChI=1S/C67H47NSi/c1-7-23-46(24-8-1)50-41-51(47-25-9-2-10-26-47)43-55(42-50)69(53-31-15-5-16-32-53,54-33-17-6-18-34-54)63-40-22-39-60-64-57-35-19-20-36-58(57)67(66(60)63)65-56(37-21-38-59(64)65)52-44-61(48-27-11-3-12-28-48)68-62(45-52)49-29-13-4-14-30-49/h1-45,64,67H. The van der Waals surface area contributed by atoms with Crippen molar-refractivity contribution in [2.75, 3.05) is 0 Å². The highest BCUT2D eigenvalue weighted by Crippen LogP contribution is 2.57. The minimum atomic E-state index is -3.20. The summed E-state index contributed by atoms with van der Waals surface area (Å²) in [6.07, 6.45) is 0. The predicted octanol–water partition coefficient (Wildman–Crippen LogP) is 13.8. The van der Waals surface area contributed by atoms with Crippen LogP contribution in [0.4, 0.5) is 0 Å². The molecule has 10 aromatic carbocycles. The van der Waals surface area contributed by atoms with Gasteiger partial charge in [-0.2, -0.15) is 0 Å². The highest BCUT2D eigenvalue weighted by molar-refractivity contribution is 7.20. The fourth-order valence-corrected chi connectivity index (χ4v) is 17.0. The maximum Gasteiger partial charge on any atom is 0.179 e. The first-order valence-electron chi connectivity index (χ1n) is 24.1. The topological polar surface area (TPSA) is 12.9 Å². The van der Waals surface area contributed by atoms with Crippen molar-refractivity contribution < 1.29 is 0 Å². The summed E-state index contributed by atoms with van der Waals surface area (Å²) in [5, 5.41) is 5.54. The Hall–Kier alpha value is -8.43. The molecule has 69 heavy (non-hydrogen) atoms. The summed E-state index contributed by atoms with van der Waals surface area (Å²) in [5.74, 6) is 0.0382. The maximum atomic E-state index is 5.34. The molecule has 3 aliphatic carbocycles. The fraction of sp³-hybridized carbons (Fsp3) is 0.0299. The third-order valence-electron chi connectivity index (χ3n) is 14.8. The fourth-order valence-electron chi connectivity index (χ4n) is 11.9. The highest BCUT2D eigenvalue weighted by atomic mass is 28.3. The summed E-state index contributed by atoms with van der Waals surface area (Å²) in [7, 11) is -3.20. The molecule has 14 rings (SSSR count). The first kappa shape index (κ1) is 40.8. The van der Waals surface area contributed by atoms with Gasteiger partial charge in [0.1, 0.15) is 0 Å². The molecule has 0 fully saturated rings. The molecule has 0 amide bonds. The van der Waals surface area contributed by atoms with Gasteiger partial charge in [0.25, 0.3) is 0 Å². The zero-order valence-electron chi connectivity index (χ0n) is 38.1. The van der Waals surface area contributed by atoms with E-state index >= 15 is 0 Å². The Kier molecular flexibility index (Phi) is 10.1. The number of nitrogens with zero attached hydrogens (tertiary/aromatic N) is 1. The Morgan fingerprint density at radius 3 is 1.17 bits per heavy atom. The molecule has 2 bridgehead atoms. The van der Waals surface area contributed by atoms with Crippen molar-refractivity contribution in [3.8, 4) is 55.9 Å². The molecular formula is C67H47NSi. The van der Waals surface area contributed by atoms with Crippen LogP contribution in [0.25, 0.3) is 55.9 Å². The molecule has 11 aromatic rings. The van der Waals surface area contributed by atoms with E-state index in [0.29, 0.717) is 0 Å². The van der Waals surface area contributed by atoms with Gasteiger partial charge in [-0.3, -0.25) is 0 Å². The Balaban J connectivity index is 1.13. The second-order valence-corrected chi connectivity index (χ2v) is 22.3. The molecule has 2 heteroatoms. The van der Waals surface area contributed by atoms with Gasteiger partial charge in [0, 0.05) is 23.0 Å². The second kappa shape index (κ2) is 17.0. The van der Waals surface area contributed by atoms with Gasteiger partial charge < -0.3 is 0 Å². The van der Waals surface area contributed by atoms with Crippen LogP contribution in [0.2, 0.25) is 0 Å². The van der Waals surface area contributed by atoms with Gasteiger partial charge >= 0.3 is 0 Å². The average molecular weight is 894 g/mol. The van der Waals surface area contributed by atoms with Gasteiger partial charge in [-0.05, 0) is 106 Å². The molecule has 0 saturated heterocycles. The quantitative estimate of drug-likeness (QED) is 0.104. The minimum Gasteiger partial charge on any atom is -0.248 e. The van der Waals surface area contributed by atoms with E-state index in [1.165, 1.54) is 87.5 Å². The van der Waals surface area contributed by atoms with Gasteiger partial charge in [0.2, 0.25) is 0 Å².